The average Bonchev–Trinajstić information content (AvgIpc) is 2.42. The second-order valence-electron chi connectivity index (χ2n) is 5.30. The van der Waals surface area contributed by atoms with E-state index >= 15 is 0 Å². The van der Waals surface area contributed by atoms with Gasteiger partial charge in [-0.25, -0.2) is 4.98 Å². The Balaban J connectivity index is 1.99. The molecule has 1 aromatic rings. The normalized spacial score (nSPS) is 17.1. The lowest BCUT2D eigenvalue weighted by atomic mass is 9.96. The van der Waals surface area contributed by atoms with E-state index in [1.165, 1.54) is 32.1 Å². The van der Waals surface area contributed by atoms with Crippen LogP contribution in [0, 0.1) is 0 Å². The van der Waals surface area contributed by atoms with Crippen molar-refractivity contribution >= 4 is 5.91 Å². The van der Waals surface area contributed by atoms with Gasteiger partial charge in [0.05, 0.1) is 6.61 Å². The quantitative estimate of drug-likeness (QED) is 0.917. The molecule has 1 fully saturated rings. The third kappa shape index (κ3) is 4.22. The summed E-state index contributed by atoms with van der Waals surface area (Å²) in [5.74, 6) is 0.366. The summed E-state index contributed by atoms with van der Waals surface area (Å²) in [4.78, 5) is 16.5. The van der Waals surface area contributed by atoms with Crippen molar-refractivity contribution in [1.82, 2.24) is 10.3 Å². The van der Waals surface area contributed by atoms with Gasteiger partial charge in [0.1, 0.15) is 5.56 Å². The molecule has 2 rings (SSSR count). The van der Waals surface area contributed by atoms with Gasteiger partial charge in [-0.1, -0.05) is 32.1 Å². The number of nitrogens with zero attached hydrogens (tertiary/aromatic N) is 1. The summed E-state index contributed by atoms with van der Waals surface area (Å²) in [5.41, 5.74) is 0.538. The molecular weight excluding hydrogens is 252 g/mol. The average molecular weight is 276 g/mol. The molecule has 1 heterocycles. The fourth-order valence-electron chi connectivity index (χ4n) is 2.68. The van der Waals surface area contributed by atoms with Gasteiger partial charge in [0.15, 0.2) is 0 Å². The standard InChI is InChI=1S/C16H24N2O2/c1-2-20-16-14(11-8-12-17-16)15(19)18-13-9-6-4-3-5-7-10-13/h8,11-13H,2-7,9-10H2,1H3,(H,18,19). The van der Waals surface area contributed by atoms with Crippen molar-refractivity contribution in [2.75, 3.05) is 6.61 Å². The van der Waals surface area contributed by atoms with Crippen LogP contribution in [-0.4, -0.2) is 23.5 Å². The molecule has 1 N–H and O–H groups in total. The van der Waals surface area contributed by atoms with E-state index in [0.717, 1.165) is 12.8 Å². The van der Waals surface area contributed by atoms with Crippen molar-refractivity contribution in [3.63, 3.8) is 0 Å². The molecule has 1 amide bonds. The van der Waals surface area contributed by atoms with Gasteiger partial charge in [0.2, 0.25) is 5.88 Å². The molecule has 0 spiro atoms. The first-order valence-electron chi connectivity index (χ1n) is 7.70. The minimum absolute atomic E-state index is 0.0628. The summed E-state index contributed by atoms with van der Waals surface area (Å²) >= 11 is 0. The van der Waals surface area contributed by atoms with E-state index in [-0.39, 0.29) is 11.9 Å². The van der Waals surface area contributed by atoms with Gasteiger partial charge in [-0.3, -0.25) is 4.79 Å². The van der Waals surface area contributed by atoms with Gasteiger partial charge in [-0.15, -0.1) is 0 Å². The third-order valence-corrected chi connectivity index (χ3v) is 3.74. The predicted octanol–water partition coefficient (Wildman–Crippen LogP) is 3.32. The molecule has 0 bridgehead atoms. The second kappa shape index (κ2) is 7.88. The topological polar surface area (TPSA) is 51.2 Å². The fourth-order valence-corrected chi connectivity index (χ4v) is 2.68. The van der Waals surface area contributed by atoms with Crippen LogP contribution in [0.4, 0.5) is 0 Å². The molecular formula is C16H24N2O2. The van der Waals surface area contributed by atoms with Crippen molar-refractivity contribution in [1.29, 1.82) is 0 Å². The van der Waals surface area contributed by atoms with Gasteiger partial charge >= 0.3 is 0 Å². The highest BCUT2D eigenvalue weighted by atomic mass is 16.5. The van der Waals surface area contributed by atoms with Crippen LogP contribution in [0.1, 0.15) is 62.2 Å². The van der Waals surface area contributed by atoms with Crippen molar-refractivity contribution in [2.24, 2.45) is 0 Å². The lowest BCUT2D eigenvalue weighted by Crippen LogP contribution is -2.35. The molecule has 0 aliphatic heterocycles. The number of aromatic nitrogens is 1. The monoisotopic (exact) mass is 276 g/mol. The Morgan fingerprint density at radius 1 is 1.30 bits per heavy atom. The molecule has 1 aliphatic rings. The largest absolute Gasteiger partial charge is 0.477 e. The lowest BCUT2D eigenvalue weighted by Gasteiger charge is -2.21. The number of pyridine rings is 1. The summed E-state index contributed by atoms with van der Waals surface area (Å²) in [6.45, 7) is 2.41. The van der Waals surface area contributed by atoms with E-state index in [9.17, 15) is 4.79 Å². The van der Waals surface area contributed by atoms with Crippen molar-refractivity contribution in [3.8, 4) is 5.88 Å². The Morgan fingerprint density at radius 3 is 2.70 bits per heavy atom. The Kier molecular flexibility index (Phi) is 5.84. The Hall–Kier alpha value is -1.58. The molecule has 110 valence electrons. The molecule has 4 heteroatoms. The molecule has 0 aromatic carbocycles. The number of hydrogen-bond acceptors (Lipinski definition) is 3. The smallest absolute Gasteiger partial charge is 0.256 e. The number of ether oxygens (including phenoxy) is 1. The molecule has 0 unspecified atom stereocenters. The van der Waals surface area contributed by atoms with Gasteiger partial charge < -0.3 is 10.1 Å². The van der Waals surface area contributed by atoms with Crippen LogP contribution < -0.4 is 10.1 Å². The zero-order valence-corrected chi connectivity index (χ0v) is 12.2. The molecule has 20 heavy (non-hydrogen) atoms. The Bertz CT molecular complexity index is 426. The van der Waals surface area contributed by atoms with E-state index in [4.69, 9.17) is 4.74 Å². The summed E-state index contributed by atoms with van der Waals surface area (Å²) in [7, 11) is 0. The van der Waals surface area contributed by atoms with Gasteiger partial charge in [-0.2, -0.15) is 0 Å². The van der Waals surface area contributed by atoms with Crippen LogP contribution in [0.3, 0.4) is 0 Å². The van der Waals surface area contributed by atoms with Crippen LogP contribution in [0.25, 0.3) is 0 Å². The molecule has 1 aromatic heterocycles. The predicted molar refractivity (Wildman–Crippen MR) is 79.0 cm³/mol. The highest BCUT2D eigenvalue weighted by molar-refractivity contribution is 5.96. The zero-order chi connectivity index (χ0) is 14.2. The highest BCUT2D eigenvalue weighted by Gasteiger charge is 2.18. The molecule has 1 aliphatic carbocycles. The third-order valence-electron chi connectivity index (χ3n) is 3.74. The van der Waals surface area contributed by atoms with E-state index in [1.807, 2.05) is 6.92 Å². The minimum Gasteiger partial charge on any atom is -0.477 e. The highest BCUT2D eigenvalue weighted by Crippen LogP contribution is 2.19. The summed E-state index contributed by atoms with van der Waals surface area (Å²) < 4.78 is 5.42. The first kappa shape index (κ1) is 14.8. The number of carbonyl (C=O) groups excluding carboxylic acids is 1. The number of rotatable bonds is 4. The van der Waals surface area contributed by atoms with E-state index in [1.54, 1.807) is 18.3 Å². The van der Waals surface area contributed by atoms with Crippen molar-refractivity contribution in [3.05, 3.63) is 23.9 Å². The van der Waals surface area contributed by atoms with Crippen LogP contribution in [0.15, 0.2) is 18.3 Å². The number of carbonyl (C=O) groups is 1. The van der Waals surface area contributed by atoms with Crippen molar-refractivity contribution in [2.45, 2.75) is 57.9 Å². The van der Waals surface area contributed by atoms with Gasteiger partial charge in [0, 0.05) is 12.2 Å². The van der Waals surface area contributed by atoms with Crippen LogP contribution in [0.5, 0.6) is 5.88 Å². The van der Waals surface area contributed by atoms with E-state index in [2.05, 4.69) is 10.3 Å². The fraction of sp³-hybridized carbons (Fsp3) is 0.625. The first-order valence-corrected chi connectivity index (χ1v) is 7.70. The van der Waals surface area contributed by atoms with E-state index in [0.29, 0.717) is 18.1 Å². The molecule has 0 saturated heterocycles. The molecule has 0 atom stereocenters. The van der Waals surface area contributed by atoms with Crippen molar-refractivity contribution < 1.29 is 9.53 Å². The molecule has 4 nitrogen and oxygen atoms in total. The summed E-state index contributed by atoms with van der Waals surface area (Å²) in [5, 5.41) is 3.14. The SMILES string of the molecule is CCOc1ncccc1C(=O)NC1CCCCCCC1. The molecule has 1 saturated carbocycles. The number of amides is 1. The maximum Gasteiger partial charge on any atom is 0.256 e. The summed E-state index contributed by atoms with van der Waals surface area (Å²) in [6, 6.07) is 3.84. The minimum atomic E-state index is -0.0628. The van der Waals surface area contributed by atoms with E-state index < -0.39 is 0 Å². The maximum atomic E-state index is 12.4. The van der Waals surface area contributed by atoms with Gasteiger partial charge in [-0.05, 0) is 31.9 Å². The first-order chi connectivity index (χ1) is 9.81. The number of nitrogens with one attached hydrogen (secondary N) is 1. The zero-order valence-electron chi connectivity index (χ0n) is 12.2. The van der Waals surface area contributed by atoms with Crippen LogP contribution in [0.2, 0.25) is 0 Å². The number of hydrogen-bond donors (Lipinski definition) is 1. The van der Waals surface area contributed by atoms with Crippen LogP contribution >= 0.6 is 0 Å². The second-order valence-corrected chi connectivity index (χ2v) is 5.30. The Labute approximate surface area is 120 Å². The Morgan fingerprint density at radius 2 is 2.00 bits per heavy atom. The van der Waals surface area contributed by atoms with Gasteiger partial charge in [0.25, 0.3) is 5.91 Å². The van der Waals surface area contributed by atoms with Crippen LogP contribution in [-0.2, 0) is 0 Å². The lowest BCUT2D eigenvalue weighted by molar-refractivity contribution is 0.0925. The molecule has 0 radical (unpaired) electrons. The summed E-state index contributed by atoms with van der Waals surface area (Å²) in [6.07, 6.45) is 10.1. The maximum absolute atomic E-state index is 12.4.